The maximum atomic E-state index is 5.36. The van der Waals surface area contributed by atoms with E-state index in [0.717, 1.165) is 30.4 Å². The van der Waals surface area contributed by atoms with Crippen LogP contribution in [0.3, 0.4) is 0 Å². The van der Waals surface area contributed by atoms with Gasteiger partial charge in [0.15, 0.2) is 5.82 Å². The third kappa shape index (κ3) is 4.49. The Balaban J connectivity index is 2.81. The Morgan fingerprint density at radius 1 is 1.33 bits per heavy atom. The van der Waals surface area contributed by atoms with E-state index in [0.29, 0.717) is 13.2 Å². The van der Waals surface area contributed by atoms with Gasteiger partial charge in [0.25, 0.3) is 0 Å². The molecular formula is C13H24N4O. The highest BCUT2D eigenvalue weighted by atomic mass is 16.5. The van der Waals surface area contributed by atoms with Gasteiger partial charge in [0.1, 0.15) is 18.2 Å². The maximum Gasteiger partial charge on any atom is 0.158 e. The molecule has 0 aromatic carbocycles. The molecule has 0 amide bonds. The summed E-state index contributed by atoms with van der Waals surface area (Å²) in [6, 6.07) is 1.96. The van der Waals surface area contributed by atoms with Gasteiger partial charge in [-0.05, 0) is 13.3 Å². The molecule has 1 rings (SSSR count). The zero-order valence-corrected chi connectivity index (χ0v) is 11.9. The molecule has 5 nitrogen and oxygen atoms in total. The molecular weight excluding hydrogens is 228 g/mol. The third-order valence-electron chi connectivity index (χ3n) is 2.69. The molecule has 5 heteroatoms. The first-order valence-corrected chi connectivity index (χ1v) is 6.55. The first-order valence-electron chi connectivity index (χ1n) is 6.55. The summed E-state index contributed by atoms with van der Waals surface area (Å²) in [5.41, 5.74) is 0. The molecule has 18 heavy (non-hydrogen) atoms. The number of hydrogen-bond donors (Lipinski definition) is 1. The highest BCUT2D eigenvalue weighted by Crippen LogP contribution is 2.15. The van der Waals surface area contributed by atoms with Crippen LogP contribution in [0.15, 0.2) is 6.07 Å². The van der Waals surface area contributed by atoms with Crippen LogP contribution in [0.25, 0.3) is 0 Å². The number of aromatic nitrogens is 2. The number of hydrogen-bond acceptors (Lipinski definition) is 5. The molecule has 0 bridgehead atoms. The molecule has 0 atom stereocenters. The predicted octanol–water partition coefficient (Wildman–Crippen LogP) is 2.29. The van der Waals surface area contributed by atoms with E-state index in [9.17, 15) is 0 Å². The van der Waals surface area contributed by atoms with Gasteiger partial charge < -0.3 is 15.0 Å². The Morgan fingerprint density at radius 3 is 2.72 bits per heavy atom. The summed E-state index contributed by atoms with van der Waals surface area (Å²) in [7, 11) is 3.92. The Bertz CT molecular complexity index is 357. The van der Waals surface area contributed by atoms with Crippen molar-refractivity contribution in [1.29, 1.82) is 0 Å². The van der Waals surface area contributed by atoms with Gasteiger partial charge in [-0.15, -0.1) is 0 Å². The van der Waals surface area contributed by atoms with Gasteiger partial charge in [-0.2, -0.15) is 0 Å². The quantitative estimate of drug-likeness (QED) is 0.769. The van der Waals surface area contributed by atoms with Crippen molar-refractivity contribution in [3.8, 4) is 0 Å². The standard InChI is InChI=1S/C13H24N4O/c1-5-7-8-17(4)13-9-11(14-3)15-12(16-13)10-18-6-2/h9H,5-8,10H2,1-4H3,(H,14,15,16). The van der Waals surface area contributed by atoms with E-state index in [1.54, 1.807) is 0 Å². The SMILES string of the molecule is CCCCN(C)c1cc(NC)nc(COCC)n1. The minimum atomic E-state index is 0.459. The largest absolute Gasteiger partial charge is 0.374 e. The van der Waals surface area contributed by atoms with Crippen molar-refractivity contribution in [1.82, 2.24) is 9.97 Å². The second kappa shape index (κ2) is 7.87. The summed E-state index contributed by atoms with van der Waals surface area (Å²) >= 11 is 0. The van der Waals surface area contributed by atoms with E-state index < -0.39 is 0 Å². The third-order valence-corrected chi connectivity index (χ3v) is 2.69. The Morgan fingerprint density at radius 2 is 2.11 bits per heavy atom. The normalized spacial score (nSPS) is 10.4. The molecule has 102 valence electrons. The topological polar surface area (TPSA) is 50.3 Å². The van der Waals surface area contributed by atoms with Crippen molar-refractivity contribution >= 4 is 11.6 Å². The summed E-state index contributed by atoms with van der Waals surface area (Å²) in [6.07, 6.45) is 2.34. The lowest BCUT2D eigenvalue weighted by molar-refractivity contribution is 0.128. The van der Waals surface area contributed by atoms with Crippen LogP contribution in [0, 0.1) is 0 Å². The average Bonchev–Trinajstić information content (AvgIpc) is 2.41. The maximum absolute atomic E-state index is 5.36. The van der Waals surface area contributed by atoms with E-state index in [1.807, 2.05) is 20.0 Å². The number of rotatable bonds is 8. The molecule has 1 aromatic rings. The predicted molar refractivity (Wildman–Crippen MR) is 75.1 cm³/mol. The second-order valence-electron chi connectivity index (χ2n) is 4.19. The van der Waals surface area contributed by atoms with Crippen molar-refractivity contribution < 1.29 is 4.74 Å². The Kier molecular flexibility index (Phi) is 6.43. The van der Waals surface area contributed by atoms with Gasteiger partial charge in [0.05, 0.1) is 0 Å². The first kappa shape index (κ1) is 14.7. The smallest absolute Gasteiger partial charge is 0.158 e. The van der Waals surface area contributed by atoms with E-state index in [4.69, 9.17) is 4.74 Å². The number of nitrogens with zero attached hydrogens (tertiary/aromatic N) is 3. The lowest BCUT2D eigenvalue weighted by Crippen LogP contribution is -2.21. The van der Waals surface area contributed by atoms with Gasteiger partial charge >= 0.3 is 0 Å². The van der Waals surface area contributed by atoms with E-state index in [2.05, 4.69) is 34.2 Å². The van der Waals surface area contributed by atoms with Crippen molar-refractivity contribution in [3.63, 3.8) is 0 Å². The van der Waals surface area contributed by atoms with Crippen molar-refractivity contribution in [2.45, 2.75) is 33.3 Å². The van der Waals surface area contributed by atoms with Crippen LogP contribution in [0.4, 0.5) is 11.6 Å². The van der Waals surface area contributed by atoms with Crippen molar-refractivity contribution in [2.24, 2.45) is 0 Å². The molecule has 0 saturated carbocycles. The summed E-state index contributed by atoms with van der Waals surface area (Å²) in [4.78, 5) is 11.1. The van der Waals surface area contributed by atoms with Crippen LogP contribution in [-0.2, 0) is 11.3 Å². The monoisotopic (exact) mass is 252 g/mol. The zero-order valence-electron chi connectivity index (χ0n) is 11.9. The molecule has 0 aliphatic heterocycles. The van der Waals surface area contributed by atoms with E-state index >= 15 is 0 Å². The lowest BCUT2D eigenvalue weighted by Gasteiger charge is -2.19. The summed E-state index contributed by atoms with van der Waals surface area (Å²) in [6.45, 7) is 6.29. The zero-order chi connectivity index (χ0) is 13.4. The fraction of sp³-hybridized carbons (Fsp3) is 0.692. The van der Waals surface area contributed by atoms with Gasteiger partial charge in [-0.3, -0.25) is 0 Å². The molecule has 1 aromatic heterocycles. The van der Waals surface area contributed by atoms with Crippen molar-refractivity contribution in [3.05, 3.63) is 11.9 Å². The minimum absolute atomic E-state index is 0.459. The Hall–Kier alpha value is -1.36. The highest BCUT2D eigenvalue weighted by Gasteiger charge is 2.07. The summed E-state index contributed by atoms with van der Waals surface area (Å²) in [5, 5.41) is 3.06. The Labute approximate surface area is 110 Å². The number of ether oxygens (including phenoxy) is 1. The van der Waals surface area contributed by atoms with Crippen LogP contribution in [0.5, 0.6) is 0 Å². The molecule has 0 aliphatic rings. The summed E-state index contributed by atoms with van der Waals surface area (Å²) in [5.74, 6) is 2.50. The molecule has 0 aliphatic carbocycles. The van der Waals surface area contributed by atoms with Crippen LogP contribution in [0.2, 0.25) is 0 Å². The van der Waals surface area contributed by atoms with Crippen LogP contribution < -0.4 is 10.2 Å². The van der Waals surface area contributed by atoms with E-state index in [-0.39, 0.29) is 0 Å². The molecule has 1 N–H and O–H groups in total. The highest BCUT2D eigenvalue weighted by molar-refractivity contribution is 5.48. The minimum Gasteiger partial charge on any atom is -0.374 e. The van der Waals surface area contributed by atoms with Crippen molar-refractivity contribution in [2.75, 3.05) is 37.5 Å². The number of unbranched alkanes of at least 4 members (excludes halogenated alkanes) is 1. The van der Waals surface area contributed by atoms with Crippen LogP contribution in [0.1, 0.15) is 32.5 Å². The number of anilines is 2. The molecule has 0 unspecified atom stereocenters. The summed E-state index contributed by atoms with van der Waals surface area (Å²) < 4.78 is 5.36. The van der Waals surface area contributed by atoms with Gasteiger partial charge in [0, 0.05) is 33.3 Å². The van der Waals surface area contributed by atoms with Gasteiger partial charge in [-0.25, -0.2) is 9.97 Å². The van der Waals surface area contributed by atoms with Gasteiger partial charge in [0.2, 0.25) is 0 Å². The fourth-order valence-corrected chi connectivity index (χ4v) is 1.57. The van der Waals surface area contributed by atoms with Crippen LogP contribution in [-0.4, -0.2) is 37.2 Å². The second-order valence-corrected chi connectivity index (χ2v) is 4.19. The molecule has 0 saturated heterocycles. The molecule has 0 fully saturated rings. The molecule has 1 heterocycles. The molecule has 0 radical (unpaired) electrons. The average molecular weight is 252 g/mol. The molecule has 0 spiro atoms. The fourth-order valence-electron chi connectivity index (χ4n) is 1.57. The number of nitrogens with one attached hydrogen (secondary N) is 1. The lowest BCUT2D eigenvalue weighted by atomic mass is 10.3. The first-order chi connectivity index (χ1) is 8.71. The van der Waals surface area contributed by atoms with Gasteiger partial charge in [-0.1, -0.05) is 13.3 Å². The van der Waals surface area contributed by atoms with E-state index in [1.165, 1.54) is 6.42 Å². The van der Waals surface area contributed by atoms with Crippen LogP contribution >= 0.6 is 0 Å².